The van der Waals surface area contributed by atoms with Crippen molar-refractivity contribution in [3.8, 4) is 0 Å². The van der Waals surface area contributed by atoms with Gasteiger partial charge >= 0.3 is 0 Å². The van der Waals surface area contributed by atoms with Gasteiger partial charge < -0.3 is 5.32 Å². The number of nitrogens with zero attached hydrogens (tertiary/aromatic N) is 3. The number of hydrogen-bond donors (Lipinski definition) is 2. The normalized spacial score (nSPS) is 12.0. The summed E-state index contributed by atoms with van der Waals surface area (Å²) in [5, 5.41) is 5.79. The Balaban J connectivity index is 1.90. The molecule has 1 amide bonds. The number of rotatable bonds is 6. The van der Waals surface area contributed by atoms with E-state index in [1.54, 1.807) is 0 Å². The molecule has 0 saturated carbocycles. The molecule has 0 radical (unpaired) electrons. The summed E-state index contributed by atoms with van der Waals surface area (Å²) in [4.78, 5) is 25.9. The first-order valence-electron chi connectivity index (χ1n) is 7.23. The highest BCUT2D eigenvalue weighted by Crippen LogP contribution is 2.22. The molecule has 2 aromatic rings. The van der Waals surface area contributed by atoms with Gasteiger partial charge in [-0.25, -0.2) is 9.97 Å². The zero-order chi connectivity index (χ0) is 16.1. The zero-order valence-electron chi connectivity index (χ0n) is 13.3. The van der Waals surface area contributed by atoms with Crippen LogP contribution in [0.25, 0.3) is 0 Å². The summed E-state index contributed by atoms with van der Waals surface area (Å²) in [7, 11) is 0. The van der Waals surface area contributed by atoms with Gasteiger partial charge in [0.05, 0.1) is 0 Å². The smallest absolute Gasteiger partial charge is 0.234 e. The third kappa shape index (κ3) is 4.77. The van der Waals surface area contributed by atoms with E-state index < -0.39 is 0 Å². The minimum atomic E-state index is -0.200. The predicted molar refractivity (Wildman–Crippen MR) is 89.3 cm³/mol. The van der Waals surface area contributed by atoms with Gasteiger partial charge in [-0.1, -0.05) is 0 Å². The quantitative estimate of drug-likeness (QED) is 0.855. The Morgan fingerprint density at radius 3 is 2.68 bits per heavy atom. The van der Waals surface area contributed by atoms with Crippen molar-refractivity contribution in [2.24, 2.45) is 0 Å². The Labute approximate surface area is 134 Å². The Bertz CT molecular complexity index is 655. The van der Waals surface area contributed by atoms with E-state index in [1.165, 1.54) is 28.6 Å². The molecule has 0 aliphatic heterocycles. The molecule has 0 aliphatic rings. The standard InChI is InChI=1S/C15H21N5OS/c1-9(5-6-13-7-10(2)22-11(13)3)18-14-16-8-17-15(20-14)19-12(4)21/h7-9H,5-6H2,1-4H3,(H2,16,17,18,19,20,21). The highest BCUT2D eigenvalue weighted by atomic mass is 32.1. The number of carbonyl (C=O) groups is 1. The molecule has 22 heavy (non-hydrogen) atoms. The number of amides is 1. The Hall–Kier alpha value is -2.02. The lowest BCUT2D eigenvalue weighted by atomic mass is 10.1. The van der Waals surface area contributed by atoms with E-state index in [9.17, 15) is 4.79 Å². The molecule has 2 heterocycles. The van der Waals surface area contributed by atoms with Crippen molar-refractivity contribution in [2.75, 3.05) is 10.6 Å². The average Bonchev–Trinajstić information content (AvgIpc) is 2.74. The Morgan fingerprint density at radius 2 is 2.05 bits per heavy atom. The van der Waals surface area contributed by atoms with Gasteiger partial charge in [-0.15, -0.1) is 11.3 Å². The van der Waals surface area contributed by atoms with Crippen LogP contribution in [-0.2, 0) is 11.2 Å². The van der Waals surface area contributed by atoms with Gasteiger partial charge in [0.1, 0.15) is 6.33 Å². The molecule has 2 aromatic heterocycles. The molecule has 118 valence electrons. The summed E-state index contributed by atoms with van der Waals surface area (Å²) in [5.41, 5.74) is 1.41. The van der Waals surface area contributed by atoms with Gasteiger partial charge in [-0.2, -0.15) is 4.98 Å². The highest BCUT2D eigenvalue weighted by Gasteiger charge is 2.09. The molecular weight excluding hydrogens is 298 g/mol. The van der Waals surface area contributed by atoms with Crippen molar-refractivity contribution in [1.29, 1.82) is 0 Å². The maximum absolute atomic E-state index is 11.0. The summed E-state index contributed by atoms with van der Waals surface area (Å²) in [6.45, 7) is 7.81. The van der Waals surface area contributed by atoms with E-state index in [0.29, 0.717) is 5.95 Å². The second-order valence-corrected chi connectivity index (χ2v) is 6.80. The van der Waals surface area contributed by atoms with Gasteiger partial charge in [0.25, 0.3) is 0 Å². The van der Waals surface area contributed by atoms with E-state index >= 15 is 0 Å². The number of hydrogen-bond acceptors (Lipinski definition) is 6. The second kappa shape index (κ2) is 7.31. The fourth-order valence-corrected chi connectivity index (χ4v) is 3.16. The zero-order valence-corrected chi connectivity index (χ0v) is 14.1. The summed E-state index contributed by atoms with van der Waals surface area (Å²) in [6.07, 6.45) is 3.39. The number of nitrogens with one attached hydrogen (secondary N) is 2. The molecule has 2 N–H and O–H groups in total. The van der Waals surface area contributed by atoms with Crippen molar-refractivity contribution in [2.45, 2.75) is 46.6 Å². The second-order valence-electron chi connectivity index (χ2n) is 5.34. The topological polar surface area (TPSA) is 79.8 Å². The van der Waals surface area contributed by atoms with Gasteiger partial charge in [-0.3, -0.25) is 10.1 Å². The lowest BCUT2D eigenvalue weighted by molar-refractivity contribution is -0.114. The van der Waals surface area contributed by atoms with Crippen molar-refractivity contribution >= 4 is 29.1 Å². The van der Waals surface area contributed by atoms with Crippen molar-refractivity contribution in [3.63, 3.8) is 0 Å². The number of aryl methyl sites for hydroxylation is 3. The van der Waals surface area contributed by atoms with Crippen molar-refractivity contribution in [1.82, 2.24) is 15.0 Å². The monoisotopic (exact) mass is 319 g/mol. The summed E-state index contributed by atoms with van der Waals surface area (Å²) in [6, 6.07) is 2.48. The SMILES string of the molecule is CC(=O)Nc1ncnc(NC(C)CCc2cc(C)sc2C)n1. The van der Waals surface area contributed by atoms with Crippen LogP contribution in [0.2, 0.25) is 0 Å². The van der Waals surface area contributed by atoms with E-state index in [2.05, 4.69) is 52.4 Å². The molecule has 0 spiro atoms. The molecule has 0 aromatic carbocycles. The molecular formula is C15H21N5OS. The number of thiophene rings is 1. The van der Waals surface area contributed by atoms with Gasteiger partial charge in [0.15, 0.2) is 0 Å². The van der Waals surface area contributed by atoms with E-state index in [1.807, 2.05) is 11.3 Å². The van der Waals surface area contributed by atoms with E-state index in [-0.39, 0.29) is 17.9 Å². The molecule has 0 aliphatic carbocycles. The molecule has 0 bridgehead atoms. The minimum Gasteiger partial charge on any atom is -0.352 e. The highest BCUT2D eigenvalue weighted by molar-refractivity contribution is 7.12. The van der Waals surface area contributed by atoms with E-state index in [4.69, 9.17) is 0 Å². The molecule has 0 saturated heterocycles. The Kier molecular flexibility index (Phi) is 5.43. The predicted octanol–water partition coefficient (Wildman–Crippen LogP) is 2.94. The fraction of sp³-hybridized carbons (Fsp3) is 0.467. The molecule has 2 rings (SSSR count). The van der Waals surface area contributed by atoms with Crippen LogP contribution in [0, 0.1) is 13.8 Å². The fourth-order valence-electron chi connectivity index (χ4n) is 2.18. The molecule has 1 atom stereocenters. The number of aromatic nitrogens is 3. The van der Waals surface area contributed by atoms with Crippen LogP contribution in [0.5, 0.6) is 0 Å². The first-order chi connectivity index (χ1) is 10.4. The van der Waals surface area contributed by atoms with E-state index in [0.717, 1.165) is 12.8 Å². The summed E-state index contributed by atoms with van der Waals surface area (Å²) >= 11 is 1.84. The summed E-state index contributed by atoms with van der Waals surface area (Å²) < 4.78 is 0. The van der Waals surface area contributed by atoms with Gasteiger partial charge in [-0.05, 0) is 45.2 Å². The number of anilines is 2. The largest absolute Gasteiger partial charge is 0.352 e. The lowest BCUT2D eigenvalue weighted by Crippen LogP contribution is -2.19. The minimum absolute atomic E-state index is 0.200. The van der Waals surface area contributed by atoms with Gasteiger partial charge in [0, 0.05) is 22.7 Å². The van der Waals surface area contributed by atoms with Gasteiger partial charge in [0.2, 0.25) is 17.8 Å². The van der Waals surface area contributed by atoms with Crippen LogP contribution in [0.4, 0.5) is 11.9 Å². The first-order valence-corrected chi connectivity index (χ1v) is 8.04. The third-order valence-corrected chi connectivity index (χ3v) is 4.23. The van der Waals surface area contributed by atoms with Crippen LogP contribution >= 0.6 is 11.3 Å². The van der Waals surface area contributed by atoms with Crippen LogP contribution < -0.4 is 10.6 Å². The van der Waals surface area contributed by atoms with Crippen LogP contribution in [0.15, 0.2) is 12.4 Å². The third-order valence-electron chi connectivity index (χ3n) is 3.23. The molecule has 1 unspecified atom stereocenters. The maximum atomic E-state index is 11.0. The average molecular weight is 319 g/mol. The van der Waals surface area contributed by atoms with Crippen molar-refractivity contribution in [3.05, 3.63) is 27.7 Å². The van der Waals surface area contributed by atoms with Crippen LogP contribution in [0.3, 0.4) is 0 Å². The van der Waals surface area contributed by atoms with Crippen LogP contribution in [0.1, 0.15) is 35.6 Å². The Morgan fingerprint density at radius 1 is 1.32 bits per heavy atom. The van der Waals surface area contributed by atoms with Crippen molar-refractivity contribution < 1.29 is 4.79 Å². The lowest BCUT2D eigenvalue weighted by Gasteiger charge is -2.13. The maximum Gasteiger partial charge on any atom is 0.234 e. The van der Waals surface area contributed by atoms with Crippen LogP contribution in [-0.4, -0.2) is 26.9 Å². The first kappa shape index (κ1) is 16.4. The molecule has 6 nitrogen and oxygen atoms in total. The molecule has 7 heteroatoms. The summed E-state index contributed by atoms with van der Waals surface area (Å²) in [5.74, 6) is 0.541. The molecule has 0 fully saturated rings. The number of carbonyl (C=O) groups excluding carboxylic acids is 1.